The number of aromatic carboxylic acids is 1. The van der Waals surface area contributed by atoms with Crippen molar-refractivity contribution in [1.82, 2.24) is 4.98 Å². The van der Waals surface area contributed by atoms with Gasteiger partial charge in [-0.25, -0.2) is 9.78 Å². The van der Waals surface area contributed by atoms with Gasteiger partial charge >= 0.3 is 5.97 Å². The molecule has 1 N–H and O–H groups in total. The zero-order chi connectivity index (χ0) is 27.2. The number of nitrogens with zero attached hydrogens (tertiary/aromatic N) is 2. The molecule has 1 aromatic heterocycles. The van der Waals surface area contributed by atoms with Crippen LogP contribution in [0.5, 0.6) is 5.75 Å². The van der Waals surface area contributed by atoms with Crippen molar-refractivity contribution in [3.63, 3.8) is 0 Å². The van der Waals surface area contributed by atoms with Crippen LogP contribution in [0, 0.1) is 6.92 Å². The van der Waals surface area contributed by atoms with E-state index in [0.29, 0.717) is 36.0 Å². The largest absolute Gasteiger partial charge is 0.493 e. The van der Waals surface area contributed by atoms with Crippen molar-refractivity contribution in [2.24, 2.45) is 0 Å². The summed E-state index contributed by atoms with van der Waals surface area (Å²) in [5.41, 5.74) is 4.48. The number of carbonyl (C=O) groups is 1. The van der Waals surface area contributed by atoms with Gasteiger partial charge in [0.15, 0.2) is 0 Å². The van der Waals surface area contributed by atoms with Crippen LogP contribution >= 0.6 is 11.6 Å². The first-order valence-electron chi connectivity index (χ1n) is 12.6. The zero-order valence-electron chi connectivity index (χ0n) is 21.4. The third kappa shape index (κ3) is 6.30. The summed E-state index contributed by atoms with van der Waals surface area (Å²) in [6.07, 6.45) is 0.618. The molecule has 0 amide bonds. The molecule has 0 unspecified atom stereocenters. The molecule has 0 saturated heterocycles. The van der Waals surface area contributed by atoms with Gasteiger partial charge in [0, 0.05) is 34.9 Å². The third-order valence-corrected chi connectivity index (χ3v) is 6.60. The Kier molecular flexibility index (Phi) is 7.94. The van der Waals surface area contributed by atoms with Gasteiger partial charge < -0.3 is 19.2 Å². The second-order valence-corrected chi connectivity index (χ2v) is 9.45. The molecule has 0 radical (unpaired) electrons. The number of hydrogen-bond acceptors (Lipinski definition) is 5. The van der Waals surface area contributed by atoms with Crippen LogP contribution in [0.1, 0.15) is 27.4 Å². The number of carboxylic acid groups (broad SMARTS) is 1. The van der Waals surface area contributed by atoms with E-state index in [1.165, 1.54) is 0 Å². The highest BCUT2D eigenvalue weighted by Gasteiger charge is 2.17. The maximum Gasteiger partial charge on any atom is 0.336 e. The number of ether oxygens (including phenoxy) is 1. The average molecular weight is 539 g/mol. The molecule has 0 aliphatic heterocycles. The molecule has 39 heavy (non-hydrogen) atoms. The van der Waals surface area contributed by atoms with Gasteiger partial charge in [-0.1, -0.05) is 48.0 Å². The Morgan fingerprint density at radius 1 is 0.923 bits per heavy atom. The molecule has 0 atom stereocenters. The Labute approximate surface area is 232 Å². The van der Waals surface area contributed by atoms with Gasteiger partial charge in [0.25, 0.3) is 0 Å². The third-order valence-electron chi connectivity index (χ3n) is 6.36. The van der Waals surface area contributed by atoms with E-state index in [-0.39, 0.29) is 5.56 Å². The summed E-state index contributed by atoms with van der Waals surface area (Å²) in [6, 6.07) is 32.2. The fraction of sp³-hybridized carbons (Fsp3) is 0.125. The Hall–Kier alpha value is -4.55. The molecule has 4 aromatic carbocycles. The lowest BCUT2D eigenvalue weighted by Gasteiger charge is -2.26. The number of hydrogen-bond donors (Lipinski definition) is 1. The molecule has 6 nitrogen and oxygen atoms in total. The highest BCUT2D eigenvalue weighted by Crippen LogP contribution is 2.31. The van der Waals surface area contributed by atoms with E-state index in [2.05, 4.69) is 4.98 Å². The number of halogens is 1. The maximum atomic E-state index is 11.8. The van der Waals surface area contributed by atoms with Crippen LogP contribution in [0.25, 0.3) is 11.5 Å². The summed E-state index contributed by atoms with van der Waals surface area (Å²) >= 11 is 6.21. The van der Waals surface area contributed by atoms with Gasteiger partial charge in [0.1, 0.15) is 11.5 Å². The van der Waals surface area contributed by atoms with Crippen LogP contribution in [0.4, 0.5) is 11.4 Å². The molecule has 196 valence electrons. The quantitative estimate of drug-likeness (QED) is 0.194. The molecule has 5 aromatic rings. The summed E-state index contributed by atoms with van der Waals surface area (Å²) in [5, 5.41) is 10.2. The van der Waals surface area contributed by atoms with Crippen molar-refractivity contribution in [2.75, 3.05) is 11.5 Å². The normalized spacial score (nSPS) is 10.8. The molecule has 0 aliphatic carbocycles. The van der Waals surface area contributed by atoms with E-state index in [1.807, 2.05) is 96.8 Å². The highest BCUT2D eigenvalue weighted by atomic mass is 35.5. The van der Waals surface area contributed by atoms with Crippen LogP contribution in [-0.2, 0) is 13.0 Å². The lowest BCUT2D eigenvalue weighted by Crippen LogP contribution is -2.18. The van der Waals surface area contributed by atoms with E-state index < -0.39 is 5.97 Å². The minimum Gasteiger partial charge on any atom is -0.493 e. The first-order valence-corrected chi connectivity index (χ1v) is 12.9. The lowest BCUT2D eigenvalue weighted by atomic mass is 10.1. The van der Waals surface area contributed by atoms with Crippen LogP contribution in [-0.4, -0.2) is 22.7 Å². The van der Waals surface area contributed by atoms with Crippen molar-refractivity contribution in [2.45, 2.75) is 19.9 Å². The highest BCUT2D eigenvalue weighted by molar-refractivity contribution is 6.30. The number of benzene rings is 4. The van der Waals surface area contributed by atoms with Gasteiger partial charge in [-0.05, 0) is 79.2 Å². The van der Waals surface area contributed by atoms with Crippen LogP contribution < -0.4 is 9.64 Å². The topological polar surface area (TPSA) is 75.8 Å². The molecule has 0 fully saturated rings. The minimum atomic E-state index is -0.989. The maximum absolute atomic E-state index is 11.8. The van der Waals surface area contributed by atoms with Gasteiger partial charge in [0.05, 0.1) is 17.9 Å². The standard InChI is InChI=1S/C32H27ClN2O4/c1-22-30(34-31(39-22)23-8-4-2-5-9-23)18-19-38-28-15-13-27(14-16-28)35(26-10-6-3-7-11-26)21-24-20-25(33)12-17-29(24)32(36)37/h2-17,20H,18-19,21H2,1H3,(H,36,37). The fourth-order valence-electron chi connectivity index (χ4n) is 4.36. The van der Waals surface area contributed by atoms with Crippen molar-refractivity contribution >= 4 is 28.9 Å². The average Bonchev–Trinajstić information content (AvgIpc) is 3.33. The van der Waals surface area contributed by atoms with Gasteiger partial charge in [-0.2, -0.15) is 0 Å². The molecule has 0 aliphatic rings. The van der Waals surface area contributed by atoms with E-state index in [4.69, 9.17) is 20.8 Å². The smallest absolute Gasteiger partial charge is 0.336 e. The fourth-order valence-corrected chi connectivity index (χ4v) is 4.56. The predicted octanol–water partition coefficient (Wildman–Crippen LogP) is 7.96. The van der Waals surface area contributed by atoms with Crippen molar-refractivity contribution in [3.05, 3.63) is 131 Å². The zero-order valence-corrected chi connectivity index (χ0v) is 22.1. The van der Waals surface area contributed by atoms with E-state index in [9.17, 15) is 9.90 Å². The summed E-state index contributed by atoms with van der Waals surface area (Å²) in [5.74, 6) is 1.13. The number of anilines is 2. The molecule has 0 bridgehead atoms. The van der Waals surface area contributed by atoms with Crippen LogP contribution in [0.3, 0.4) is 0 Å². The Bertz CT molecular complexity index is 1550. The van der Waals surface area contributed by atoms with Crippen LogP contribution in [0.2, 0.25) is 5.02 Å². The molecule has 0 spiro atoms. The van der Waals surface area contributed by atoms with E-state index in [0.717, 1.165) is 34.1 Å². The molecule has 0 saturated carbocycles. The van der Waals surface area contributed by atoms with Gasteiger partial charge in [-0.15, -0.1) is 0 Å². The molecular weight excluding hydrogens is 512 g/mol. The second kappa shape index (κ2) is 11.9. The summed E-state index contributed by atoms with van der Waals surface area (Å²) in [7, 11) is 0. The first-order chi connectivity index (χ1) is 19.0. The molecular formula is C32H27ClN2O4. The van der Waals surface area contributed by atoms with Crippen molar-refractivity contribution < 1.29 is 19.1 Å². The lowest BCUT2D eigenvalue weighted by molar-refractivity contribution is 0.0695. The number of carboxylic acids is 1. The molecule has 5 rings (SSSR count). The van der Waals surface area contributed by atoms with E-state index in [1.54, 1.807) is 18.2 Å². The Balaban J connectivity index is 1.30. The number of aromatic nitrogens is 1. The summed E-state index contributed by atoms with van der Waals surface area (Å²) in [4.78, 5) is 18.5. The Morgan fingerprint density at radius 2 is 1.59 bits per heavy atom. The number of para-hydroxylation sites is 1. The molecule has 1 heterocycles. The van der Waals surface area contributed by atoms with Crippen molar-refractivity contribution in [1.29, 1.82) is 0 Å². The van der Waals surface area contributed by atoms with Gasteiger partial charge in [-0.3, -0.25) is 0 Å². The van der Waals surface area contributed by atoms with E-state index >= 15 is 0 Å². The van der Waals surface area contributed by atoms with Crippen LogP contribution in [0.15, 0.2) is 108 Å². The monoisotopic (exact) mass is 538 g/mol. The summed E-state index contributed by atoms with van der Waals surface area (Å²) in [6.45, 7) is 2.70. The second-order valence-electron chi connectivity index (χ2n) is 9.01. The number of aryl methyl sites for hydroxylation is 1. The summed E-state index contributed by atoms with van der Waals surface area (Å²) < 4.78 is 11.9. The number of rotatable bonds is 10. The number of oxazole rings is 1. The predicted molar refractivity (Wildman–Crippen MR) is 153 cm³/mol. The minimum absolute atomic E-state index is 0.221. The van der Waals surface area contributed by atoms with Crippen molar-refractivity contribution in [3.8, 4) is 17.2 Å². The Morgan fingerprint density at radius 3 is 2.28 bits per heavy atom. The first kappa shape index (κ1) is 26.1. The molecule has 7 heteroatoms. The van der Waals surface area contributed by atoms with Gasteiger partial charge in [0.2, 0.25) is 5.89 Å². The SMILES string of the molecule is Cc1oc(-c2ccccc2)nc1CCOc1ccc(N(Cc2cc(Cl)ccc2C(=O)O)c2ccccc2)cc1.